The minimum atomic E-state index is -0.921. The highest BCUT2D eigenvalue weighted by molar-refractivity contribution is 5.94. The maximum atomic E-state index is 12.9. The van der Waals surface area contributed by atoms with E-state index in [1.54, 1.807) is 31.2 Å². The van der Waals surface area contributed by atoms with Crippen LogP contribution in [0.1, 0.15) is 28.9 Å². The third-order valence-electron chi connectivity index (χ3n) is 3.38. The van der Waals surface area contributed by atoms with Gasteiger partial charge in [-0.3, -0.25) is 4.79 Å². The summed E-state index contributed by atoms with van der Waals surface area (Å²) in [6, 6.07) is 11.8. The molecule has 2 rings (SSSR count). The van der Waals surface area contributed by atoms with Crippen LogP contribution in [0.4, 0.5) is 4.39 Å². The zero-order valence-corrected chi connectivity index (χ0v) is 12.4. The van der Waals surface area contributed by atoms with Gasteiger partial charge in [0.25, 0.3) is 5.91 Å². The molecule has 2 N–H and O–H groups in total. The van der Waals surface area contributed by atoms with Crippen LogP contribution < -0.4 is 10.1 Å². The van der Waals surface area contributed by atoms with Crippen molar-refractivity contribution in [2.24, 2.45) is 0 Å². The van der Waals surface area contributed by atoms with Crippen LogP contribution in [0.5, 0.6) is 5.75 Å². The molecule has 0 bridgehead atoms. The standard InChI is InChI=1S/C17H18FNO3/c1-11(16(20)12-6-8-14(18)9-7-12)19-17(21)13-4-3-5-15(10-13)22-2/h3-11,16,20H,1-2H3,(H,19,21)/t11-,16-/m1/s1. The van der Waals surface area contributed by atoms with Crippen molar-refractivity contribution in [2.45, 2.75) is 19.1 Å². The molecule has 0 aliphatic rings. The van der Waals surface area contributed by atoms with Gasteiger partial charge in [0.1, 0.15) is 11.6 Å². The number of amides is 1. The Kier molecular flexibility index (Phi) is 5.12. The quantitative estimate of drug-likeness (QED) is 0.893. The molecule has 0 aliphatic heterocycles. The molecular weight excluding hydrogens is 285 g/mol. The monoisotopic (exact) mass is 303 g/mol. The number of rotatable bonds is 5. The van der Waals surface area contributed by atoms with Crippen LogP contribution in [0, 0.1) is 5.82 Å². The highest BCUT2D eigenvalue weighted by Crippen LogP contribution is 2.18. The molecule has 0 unspecified atom stereocenters. The fraction of sp³-hybridized carbons (Fsp3) is 0.235. The number of ether oxygens (including phenoxy) is 1. The number of aliphatic hydroxyl groups is 1. The Morgan fingerprint density at radius 2 is 1.91 bits per heavy atom. The molecule has 116 valence electrons. The predicted molar refractivity (Wildman–Crippen MR) is 81.3 cm³/mol. The van der Waals surface area contributed by atoms with Gasteiger partial charge < -0.3 is 15.2 Å². The van der Waals surface area contributed by atoms with E-state index in [9.17, 15) is 14.3 Å². The van der Waals surface area contributed by atoms with E-state index in [4.69, 9.17) is 4.74 Å². The molecule has 2 aromatic carbocycles. The van der Waals surface area contributed by atoms with Gasteiger partial charge in [-0.05, 0) is 42.8 Å². The number of aliphatic hydroxyl groups excluding tert-OH is 1. The Balaban J connectivity index is 2.05. The predicted octanol–water partition coefficient (Wildman–Crippen LogP) is 2.69. The zero-order chi connectivity index (χ0) is 16.1. The molecule has 0 fully saturated rings. The molecule has 2 aromatic rings. The smallest absolute Gasteiger partial charge is 0.251 e. The molecule has 22 heavy (non-hydrogen) atoms. The number of carbonyl (C=O) groups excluding carboxylic acids is 1. The average molecular weight is 303 g/mol. The van der Waals surface area contributed by atoms with Crippen LogP contribution in [0.2, 0.25) is 0 Å². The van der Waals surface area contributed by atoms with E-state index in [0.29, 0.717) is 16.9 Å². The second kappa shape index (κ2) is 7.04. The number of methoxy groups -OCH3 is 1. The fourth-order valence-corrected chi connectivity index (χ4v) is 2.08. The maximum absolute atomic E-state index is 12.9. The van der Waals surface area contributed by atoms with Crippen LogP contribution >= 0.6 is 0 Å². The molecule has 1 amide bonds. The normalized spacial score (nSPS) is 13.3. The van der Waals surface area contributed by atoms with Gasteiger partial charge in [-0.2, -0.15) is 0 Å². The molecule has 0 saturated heterocycles. The van der Waals surface area contributed by atoms with E-state index in [0.717, 1.165) is 0 Å². The van der Waals surface area contributed by atoms with Crippen molar-refractivity contribution >= 4 is 5.91 Å². The van der Waals surface area contributed by atoms with Gasteiger partial charge in [0.2, 0.25) is 0 Å². The number of hydrogen-bond acceptors (Lipinski definition) is 3. The zero-order valence-electron chi connectivity index (χ0n) is 12.4. The van der Waals surface area contributed by atoms with Crippen LogP contribution in [0.15, 0.2) is 48.5 Å². The van der Waals surface area contributed by atoms with E-state index in [2.05, 4.69) is 5.32 Å². The van der Waals surface area contributed by atoms with Gasteiger partial charge in [-0.15, -0.1) is 0 Å². The Morgan fingerprint density at radius 1 is 1.23 bits per heavy atom. The number of halogens is 1. The first kappa shape index (κ1) is 16.0. The van der Waals surface area contributed by atoms with E-state index < -0.39 is 12.1 Å². The number of carbonyl (C=O) groups is 1. The Morgan fingerprint density at radius 3 is 2.55 bits per heavy atom. The summed E-state index contributed by atoms with van der Waals surface area (Å²) < 4.78 is 18.0. The fourth-order valence-electron chi connectivity index (χ4n) is 2.08. The van der Waals surface area contributed by atoms with E-state index in [-0.39, 0.29) is 11.7 Å². The van der Waals surface area contributed by atoms with Crippen molar-refractivity contribution in [3.05, 3.63) is 65.5 Å². The summed E-state index contributed by atoms with van der Waals surface area (Å²) in [5.74, 6) is -0.101. The second-order valence-electron chi connectivity index (χ2n) is 4.99. The highest BCUT2D eigenvalue weighted by Gasteiger charge is 2.19. The summed E-state index contributed by atoms with van der Waals surface area (Å²) in [5.41, 5.74) is 0.984. The molecule has 0 aliphatic carbocycles. The average Bonchev–Trinajstić information content (AvgIpc) is 2.54. The lowest BCUT2D eigenvalue weighted by molar-refractivity contribution is 0.0851. The summed E-state index contributed by atoms with van der Waals surface area (Å²) in [5, 5.41) is 12.9. The summed E-state index contributed by atoms with van der Waals surface area (Å²) >= 11 is 0. The van der Waals surface area contributed by atoms with Crippen molar-refractivity contribution in [1.82, 2.24) is 5.32 Å². The molecule has 0 heterocycles. The minimum absolute atomic E-state index is 0.312. The first-order valence-corrected chi connectivity index (χ1v) is 6.89. The summed E-state index contributed by atoms with van der Waals surface area (Å²) in [4.78, 5) is 12.2. The molecule has 2 atom stereocenters. The Bertz CT molecular complexity index is 643. The third-order valence-corrected chi connectivity index (χ3v) is 3.38. The lowest BCUT2D eigenvalue weighted by Crippen LogP contribution is -2.37. The third kappa shape index (κ3) is 3.83. The lowest BCUT2D eigenvalue weighted by Gasteiger charge is -2.20. The molecule has 0 aromatic heterocycles. The van der Waals surface area contributed by atoms with Gasteiger partial charge in [0, 0.05) is 5.56 Å². The maximum Gasteiger partial charge on any atom is 0.251 e. The van der Waals surface area contributed by atoms with Crippen LogP contribution in [-0.4, -0.2) is 24.2 Å². The van der Waals surface area contributed by atoms with Crippen LogP contribution in [-0.2, 0) is 0 Å². The van der Waals surface area contributed by atoms with E-state index >= 15 is 0 Å². The van der Waals surface area contributed by atoms with E-state index in [1.165, 1.54) is 31.4 Å². The molecular formula is C17H18FNO3. The topological polar surface area (TPSA) is 58.6 Å². The van der Waals surface area contributed by atoms with Crippen molar-refractivity contribution in [1.29, 1.82) is 0 Å². The van der Waals surface area contributed by atoms with E-state index in [1.807, 2.05) is 0 Å². The number of benzene rings is 2. The molecule has 4 nitrogen and oxygen atoms in total. The molecule has 0 radical (unpaired) electrons. The van der Waals surface area contributed by atoms with Crippen molar-refractivity contribution < 1.29 is 19.0 Å². The second-order valence-corrected chi connectivity index (χ2v) is 4.99. The van der Waals surface area contributed by atoms with Crippen LogP contribution in [0.3, 0.4) is 0 Å². The SMILES string of the molecule is COc1cccc(C(=O)N[C@H](C)[C@@H](O)c2ccc(F)cc2)c1. The summed E-state index contributed by atoms with van der Waals surface area (Å²) in [6.45, 7) is 1.69. The van der Waals surface area contributed by atoms with Gasteiger partial charge >= 0.3 is 0 Å². The summed E-state index contributed by atoms with van der Waals surface area (Å²) in [7, 11) is 1.53. The van der Waals surface area contributed by atoms with Crippen molar-refractivity contribution in [2.75, 3.05) is 7.11 Å². The largest absolute Gasteiger partial charge is 0.497 e. The van der Waals surface area contributed by atoms with Crippen molar-refractivity contribution in [3.63, 3.8) is 0 Å². The number of nitrogens with one attached hydrogen (secondary N) is 1. The summed E-state index contributed by atoms with van der Waals surface area (Å²) in [6.07, 6.45) is -0.921. The highest BCUT2D eigenvalue weighted by atomic mass is 19.1. The molecule has 0 saturated carbocycles. The Labute approximate surface area is 128 Å². The molecule has 0 spiro atoms. The first-order valence-electron chi connectivity index (χ1n) is 6.89. The van der Waals surface area contributed by atoms with Gasteiger partial charge in [0.05, 0.1) is 19.3 Å². The van der Waals surface area contributed by atoms with Crippen LogP contribution in [0.25, 0.3) is 0 Å². The number of hydrogen-bond donors (Lipinski definition) is 2. The van der Waals surface area contributed by atoms with Gasteiger partial charge in [-0.1, -0.05) is 18.2 Å². The first-order chi connectivity index (χ1) is 10.5. The lowest BCUT2D eigenvalue weighted by atomic mass is 10.0. The Hall–Kier alpha value is -2.40. The van der Waals surface area contributed by atoms with Gasteiger partial charge in [0.15, 0.2) is 0 Å². The molecule has 5 heteroatoms. The minimum Gasteiger partial charge on any atom is -0.497 e. The van der Waals surface area contributed by atoms with Gasteiger partial charge in [-0.25, -0.2) is 4.39 Å². The van der Waals surface area contributed by atoms with Crippen molar-refractivity contribution in [3.8, 4) is 5.75 Å².